The van der Waals surface area contributed by atoms with Gasteiger partial charge in [0.15, 0.2) is 0 Å². The van der Waals surface area contributed by atoms with Crippen LogP contribution in [0.2, 0.25) is 0 Å². The zero-order valence-electron chi connectivity index (χ0n) is 14.7. The second-order valence-corrected chi connectivity index (χ2v) is 6.06. The molecule has 0 spiro atoms. The fraction of sp³-hybridized carbons (Fsp3) is 0.300. The molecule has 0 aliphatic rings. The van der Waals surface area contributed by atoms with Crippen molar-refractivity contribution >= 4 is 17.5 Å². The Balaban J connectivity index is 2.12. The highest BCUT2D eigenvalue weighted by Crippen LogP contribution is 2.22. The molecule has 4 nitrogen and oxygen atoms in total. The number of aryl methyl sites for hydroxylation is 3. The first kappa shape index (κ1) is 17.7. The molecule has 0 heterocycles. The molecule has 0 unspecified atom stereocenters. The van der Waals surface area contributed by atoms with Crippen molar-refractivity contribution in [1.29, 1.82) is 0 Å². The second kappa shape index (κ2) is 7.77. The van der Waals surface area contributed by atoms with Crippen molar-refractivity contribution in [2.75, 3.05) is 11.9 Å². The Labute approximate surface area is 143 Å². The Morgan fingerprint density at radius 2 is 1.38 bits per heavy atom. The molecule has 126 valence electrons. The lowest BCUT2D eigenvalue weighted by atomic mass is 10.0. The van der Waals surface area contributed by atoms with Crippen LogP contribution in [0, 0.1) is 20.8 Å². The van der Waals surface area contributed by atoms with Crippen LogP contribution in [0.1, 0.15) is 50.8 Å². The van der Waals surface area contributed by atoms with Gasteiger partial charge >= 0.3 is 0 Å². The smallest absolute Gasteiger partial charge is 0.255 e. The fourth-order valence-corrected chi connectivity index (χ4v) is 2.68. The minimum atomic E-state index is -0.175. The van der Waals surface area contributed by atoms with Crippen molar-refractivity contribution in [2.24, 2.45) is 0 Å². The van der Waals surface area contributed by atoms with Gasteiger partial charge in [-0.3, -0.25) is 9.59 Å². The van der Waals surface area contributed by atoms with Crippen LogP contribution < -0.4 is 10.6 Å². The van der Waals surface area contributed by atoms with Crippen LogP contribution in [0.15, 0.2) is 36.4 Å². The highest BCUT2D eigenvalue weighted by Gasteiger charge is 2.11. The average molecular weight is 324 g/mol. The van der Waals surface area contributed by atoms with Crippen LogP contribution >= 0.6 is 0 Å². The lowest BCUT2D eigenvalue weighted by Crippen LogP contribution is -2.24. The first-order valence-corrected chi connectivity index (χ1v) is 8.19. The van der Waals surface area contributed by atoms with E-state index in [9.17, 15) is 9.59 Å². The summed E-state index contributed by atoms with van der Waals surface area (Å²) in [5.41, 5.74) is 5.18. The number of carbonyl (C=O) groups excluding carboxylic acids is 2. The minimum Gasteiger partial charge on any atom is -0.352 e. The number of nitrogens with one attached hydrogen (secondary N) is 2. The van der Waals surface area contributed by atoms with E-state index in [2.05, 4.69) is 10.6 Å². The molecule has 24 heavy (non-hydrogen) atoms. The topological polar surface area (TPSA) is 58.2 Å². The van der Waals surface area contributed by atoms with Crippen LogP contribution in [-0.4, -0.2) is 18.4 Å². The van der Waals surface area contributed by atoms with Gasteiger partial charge in [-0.05, 0) is 62.6 Å². The molecule has 0 saturated heterocycles. The molecule has 0 aliphatic carbocycles. The largest absolute Gasteiger partial charge is 0.352 e. The number of anilines is 1. The lowest BCUT2D eigenvalue weighted by Gasteiger charge is -2.13. The van der Waals surface area contributed by atoms with Gasteiger partial charge in [-0.2, -0.15) is 0 Å². The van der Waals surface area contributed by atoms with Crippen molar-refractivity contribution in [2.45, 2.75) is 34.1 Å². The van der Waals surface area contributed by atoms with Crippen molar-refractivity contribution < 1.29 is 9.59 Å². The maximum Gasteiger partial charge on any atom is 0.255 e. The van der Waals surface area contributed by atoms with E-state index in [0.29, 0.717) is 17.7 Å². The quantitative estimate of drug-likeness (QED) is 0.873. The third-order valence-electron chi connectivity index (χ3n) is 3.86. The van der Waals surface area contributed by atoms with Gasteiger partial charge in [0.05, 0.1) is 0 Å². The number of rotatable bonds is 5. The minimum absolute atomic E-state index is 0.117. The fourth-order valence-electron chi connectivity index (χ4n) is 2.68. The van der Waals surface area contributed by atoms with Gasteiger partial charge in [-0.15, -0.1) is 0 Å². The summed E-state index contributed by atoms with van der Waals surface area (Å²) in [6.45, 7) is 8.65. The maximum atomic E-state index is 12.4. The molecule has 0 saturated carbocycles. The Hall–Kier alpha value is -2.62. The summed E-state index contributed by atoms with van der Waals surface area (Å²) < 4.78 is 0. The molecule has 2 aromatic carbocycles. The van der Waals surface area contributed by atoms with Gasteiger partial charge in [0.2, 0.25) is 0 Å². The third kappa shape index (κ3) is 4.22. The molecule has 0 aliphatic heterocycles. The molecule has 2 aromatic rings. The van der Waals surface area contributed by atoms with E-state index in [4.69, 9.17) is 0 Å². The van der Waals surface area contributed by atoms with Crippen LogP contribution in [0.25, 0.3) is 0 Å². The van der Waals surface area contributed by atoms with Crippen molar-refractivity contribution in [3.63, 3.8) is 0 Å². The number of amides is 2. The number of benzene rings is 2. The number of hydrogen-bond acceptors (Lipinski definition) is 2. The van der Waals surface area contributed by atoms with Gasteiger partial charge < -0.3 is 10.6 Å². The molecule has 2 amide bonds. The van der Waals surface area contributed by atoms with Gasteiger partial charge in [-0.25, -0.2) is 0 Å². The summed E-state index contributed by atoms with van der Waals surface area (Å²) in [4.78, 5) is 24.3. The number of carbonyl (C=O) groups is 2. The maximum absolute atomic E-state index is 12.4. The van der Waals surface area contributed by atoms with E-state index >= 15 is 0 Å². The highest BCUT2D eigenvalue weighted by molar-refractivity contribution is 6.05. The summed E-state index contributed by atoms with van der Waals surface area (Å²) in [7, 11) is 0. The zero-order valence-corrected chi connectivity index (χ0v) is 14.7. The first-order chi connectivity index (χ1) is 11.4. The van der Waals surface area contributed by atoms with E-state index < -0.39 is 0 Å². The van der Waals surface area contributed by atoms with Gasteiger partial charge in [0.25, 0.3) is 11.8 Å². The molecule has 2 rings (SSSR count). The van der Waals surface area contributed by atoms with Crippen molar-refractivity contribution in [1.82, 2.24) is 5.32 Å². The van der Waals surface area contributed by atoms with Crippen molar-refractivity contribution in [3.8, 4) is 0 Å². The van der Waals surface area contributed by atoms with Crippen LogP contribution in [-0.2, 0) is 0 Å². The third-order valence-corrected chi connectivity index (χ3v) is 3.86. The Morgan fingerprint density at radius 3 is 1.88 bits per heavy atom. The van der Waals surface area contributed by atoms with E-state index in [-0.39, 0.29) is 11.8 Å². The molecule has 0 aromatic heterocycles. The van der Waals surface area contributed by atoms with Crippen LogP contribution in [0.5, 0.6) is 0 Å². The molecule has 0 bridgehead atoms. The van der Waals surface area contributed by atoms with Crippen LogP contribution in [0.4, 0.5) is 5.69 Å². The highest BCUT2D eigenvalue weighted by atomic mass is 16.2. The summed E-state index contributed by atoms with van der Waals surface area (Å²) in [5, 5.41) is 5.78. The first-order valence-electron chi connectivity index (χ1n) is 8.19. The molecule has 0 atom stereocenters. The summed E-state index contributed by atoms with van der Waals surface area (Å²) in [5.74, 6) is -0.292. The Kier molecular flexibility index (Phi) is 5.74. The standard InChI is InChI=1S/C20H24N2O2/c1-5-10-21-19(23)16-6-8-17(9-7-16)20(24)22-18-14(3)11-13(2)12-15(18)4/h6-9,11-12H,5,10H2,1-4H3,(H,21,23)(H,22,24). The lowest BCUT2D eigenvalue weighted by molar-refractivity contribution is 0.0951. The van der Waals surface area contributed by atoms with Gasteiger partial charge in [0, 0.05) is 23.4 Å². The van der Waals surface area contributed by atoms with E-state index in [1.54, 1.807) is 24.3 Å². The summed E-state index contributed by atoms with van der Waals surface area (Å²) in [6, 6.07) is 10.8. The van der Waals surface area contributed by atoms with E-state index in [0.717, 1.165) is 23.2 Å². The summed E-state index contributed by atoms with van der Waals surface area (Å²) >= 11 is 0. The summed E-state index contributed by atoms with van der Waals surface area (Å²) in [6.07, 6.45) is 0.890. The zero-order chi connectivity index (χ0) is 17.7. The monoisotopic (exact) mass is 324 g/mol. The molecule has 2 N–H and O–H groups in total. The predicted octanol–water partition coefficient (Wildman–Crippen LogP) is 4.00. The van der Waals surface area contributed by atoms with Gasteiger partial charge in [0.1, 0.15) is 0 Å². The van der Waals surface area contributed by atoms with Crippen molar-refractivity contribution in [3.05, 3.63) is 64.2 Å². The Morgan fingerprint density at radius 1 is 0.875 bits per heavy atom. The van der Waals surface area contributed by atoms with E-state index in [1.165, 1.54) is 5.56 Å². The number of hydrogen-bond donors (Lipinski definition) is 2. The van der Waals surface area contributed by atoms with E-state index in [1.807, 2.05) is 39.8 Å². The second-order valence-electron chi connectivity index (χ2n) is 6.06. The average Bonchev–Trinajstić information content (AvgIpc) is 2.55. The Bertz CT molecular complexity index is 726. The van der Waals surface area contributed by atoms with Crippen LogP contribution in [0.3, 0.4) is 0 Å². The molecular weight excluding hydrogens is 300 g/mol. The molecule has 4 heteroatoms. The normalized spacial score (nSPS) is 10.3. The molecule has 0 fully saturated rings. The molecular formula is C20H24N2O2. The van der Waals surface area contributed by atoms with Gasteiger partial charge in [-0.1, -0.05) is 24.6 Å². The predicted molar refractivity (Wildman–Crippen MR) is 97.7 cm³/mol. The SMILES string of the molecule is CCCNC(=O)c1ccc(C(=O)Nc2c(C)cc(C)cc2C)cc1. The molecule has 0 radical (unpaired) electrons.